The van der Waals surface area contributed by atoms with Crippen LogP contribution in [0.4, 0.5) is 5.69 Å². The molecule has 1 aromatic heterocycles. The molecule has 5 nitrogen and oxygen atoms in total. The van der Waals surface area contributed by atoms with Crippen LogP contribution < -0.4 is 9.64 Å². The Bertz CT molecular complexity index is 1010. The number of hydrogen-bond donors (Lipinski definition) is 1. The van der Waals surface area contributed by atoms with E-state index < -0.39 is 0 Å². The van der Waals surface area contributed by atoms with Gasteiger partial charge in [0.1, 0.15) is 5.75 Å². The molecule has 0 aliphatic carbocycles. The number of aryl methyl sites for hydroxylation is 1. The van der Waals surface area contributed by atoms with Crippen LogP contribution in [0, 0.1) is 4.77 Å². The Balaban J connectivity index is 2.17. The van der Waals surface area contributed by atoms with Gasteiger partial charge in [-0.15, -0.1) is 0 Å². The van der Waals surface area contributed by atoms with E-state index in [4.69, 9.17) is 17.0 Å². The van der Waals surface area contributed by atoms with Crippen molar-refractivity contribution in [2.24, 2.45) is 0 Å². The third-order valence-corrected chi connectivity index (χ3v) is 5.23. The molecule has 148 valence electrons. The molecule has 2 aromatic carbocycles. The first-order valence-corrected chi connectivity index (χ1v) is 10.1. The first kappa shape index (κ1) is 20.1. The van der Waals surface area contributed by atoms with E-state index in [2.05, 4.69) is 73.1 Å². The molecule has 6 heteroatoms. The predicted octanol–water partition coefficient (Wildman–Crippen LogP) is 5.40. The molecule has 0 radical (unpaired) electrons. The second kappa shape index (κ2) is 8.61. The number of aromatic nitrogens is 3. The minimum absolute atomic E-state index is 0.354. The van der Waals surface area contributed by atoms with Crippen LogP contribution in [0.25, 0.3) is 17.1 Å². The van der Waals surface area contributed by atoms with Gasteiger partial charge in [-0.1, -0.05) is 25.1 Å². The normalized spacial score (nSPS) is 11.1. The zero-order chi connectivity index (χ0) is 20.3. The van der Waals surface area contributed by atoms with E-state index in [-0.39, 0.29) is 0 Å². The van der Waals surface area contributed by atoms with Crippen LogP contribution in [-0.4, -0.2) is 34.5 Å². The molecule has 0 saturated carbocycles. The second-order valence-corrected chi connectivity index (χ2v) is 7.36. The molecule has 3 aromatic rings. The summed E-state index contributed by atoms with van der Waals surface area (Å²) in [4.78, 5) is 2.31. The minimum atomic E-state index is 0.354. The van der Waals surface area contributed by atoms with Gasteiger partial charge in [-0.2, -0.15) is 5.10 Å². The third-order valence-electron chi connectivity index (χ3n) is 4.96. The van der Waals surface area contributed by atoms with Gasteiger partial charge >= 0.3 is 0 Å². The van der Waals surface area contributed by atoms with Crippen LogP contribution >= 0.6 is 12.2 Å². The van der Waals surface area contributed by atoms with Gasteiger partial charge in [0.2, 0.25) is 0 Å². The zero-order valence-electron chi connectivity index (χ0n) is 17.2. The molecule has 1 heterocycles. The van der Waals surface area contributed by atoms with E-state index in [0.29, 0.717) is 10.8 Å². The van der Waals surface area contributed by atoms with Crippen LogP contribution in [0.2, 0.25) is 0 Å². The standard InChI is InChI=1S/C22H28N4OS/c1-6-16-9-8-10-17(13-16)21-23-24-22(28)26(21)18-11-12-20(27-5)19(14-18)25(7-2)15(3)4/h8-15H,6-7H2,1-5H3,(H,24,28). The van der Waals surface area contributed by atoms with Gasteiger partial charge in [-0.05, 0) is 69.2 Å². The lowest BCUT2D eigenvalue weighted by Gasteiger charge is -2.29. The van der Waals surface area contributed by atoms with E-state index in [1.165, 1.54) is 5.56 Å². The molecule has 0 aliphatic rings. The van der Waals surface area contributed by atoms with Crippen LogP contribution in [0.1, 0.15) is 33.3 Å². The van der Waals surface area contributed by atoms with Gasteiger partial charge in [0, 0.05) is 18.2 Å². The Kier molecular flexibility index (Phi) is 6.19. The topological polar surface area (TPSA) is 46.1 Å². The second-order valence-electron chi connectivity index (χ2n) is 6.98. The highest BCUT2D eigenvalue weighted by Gasteiger charge is 2.17. The van der Waals surface area contributed by atoms with Crippen molar-refractivity contribution in [3.05, 3.63) is 52.8 Å². The largest absolute Gasteiger partial charge is 0.495 e. The lowest BCUT2D eigenvalue weighted by molar-refractivity contribution is 0.413. The van der Waals surface area contributed by atoms with Crippen LogP contribution in [0.15, 0.2) is 42.5 Å². The number of nitrogens with one attached hydrogen (secondary N) is 1. The average molecular weight is 397 g/mol. The van der Waals surface area contributed by atoms with Gasteiger partial charge in [-0.25, -0.2) is 0 Å². The molecule has 0 saturated heterocycles. The summed E-state index contributed by atoms with van der Waals surface area (Å²) in [5, 5.41) is 7.47. The fraction of sp³-hybridized carbons (Fsp3) is 0.364. The van der Waals surface area contributed by atoms with Gasteiger partial charge in [0.25, 0.3) is 0 Å². The fourth-order valence-electron chi connectivity index (χ4n) is 3.52. The van der Waals surface area contributed by atoms with Gasteiger partial charge in [-0.3, -0.25) is 9.67 Å². The number of ether oxygens (including phenoxy) is 1. The fourth-order valence-corrected chi connectivity index (χ4v) is 3.75. The first-order chi connectivity index (χ1) is 13.5. The van der Waals surface area contributed by atoms with Crippen LogP contribution in [0.5, 0.6) is 5.75 Å². The van der Waals surface area contributed by atoms with E-state index in [1.807, 2.05) is 16.7 Å². The number of hydrogen-bond acceptors (Lipinski definition) is 4. The molecule has 1 N–H and O–H groups in total. The highest BCUT2D eigenvalue weighted by atomic mass is 32.1. The Morgan fingerprint density at radius 3 is 2.61 bits per heavy atom. The molecule has 0 bridgehead atoms. The van der Waals surface area contributed by atoms with Gasteiger partial charge in [0.05, 0.1) is 18.5 Å². The first-order valence-electron chi connectivity index (χ1n) is 9.71. The quantitative estimate of drug-likeness (QED) is 0.543. The highest BCUT2D eigenvalue weighted by molar-refractivity contribution is 7.71. The molecular weight excluding hydrogens is 368 g/mol. The summed E-state index contributed by atoms with van der Waals surface area (Å²) in [6.07, 6.45) is 0.978. The van der Waals surface area contributed by atoms with Crippen molar-refractivity contribution >= 4 is 17.9 Å². The average Bonchev–Trinajstić information content (AvgIpc) is 3.09. The number of benzene rings is 2. The molecule has 0 aliphatic heterocycles. The van der Waals surface area contributed by atoms with Crippen molar-refractivity contribution in [2.45, 2.75) is 40.2 Å². The molecule has 3 rings (SSSR count). The maximum Gasteiger partial charge on any atom is 0.200 e. The Morgan fingerprint density at radius 1 is 1.18 bits per heavy atom. The Morgan fingerprint density at radius 2 is 1.96 bits per heavy atom. The van der Waals surface area contributed by atoms with Gasteiger partial charge in [0.15, 0.2) is 10.6 Å². The van der Waals surface area contributed by atoms with Gasteiger partial charge < -0.3 is 9.64 Å². The number of nitrogens with zero attached hydrogens (tertiary/aromatic N) is 3. The highest BCUT2D eigenvalue weighted by Crippen LogP contribution is 2.33. The van der Waals surface area contributed by atoms with E-state index in [0.717, 1.165) is 41.5 Å². The van der Waals surface area contributed by atoms with E-state index in [1.54, 1.807) is 7.11 Å². The molecule has 0 unspecified atom stereocenters. The maximum atomic E-state index is 5.63. The molecule has 0 fully saturated rings. The molecular formula is C22H28N4OS. The summed E-state index contributed by atoms with van der Waals surface area (Å²) in [6, 6.07) is 14.9. The number of anilines is 1. The Labute approximate surface area is 172 Å². The van der Waals surface area contributed by atoms with Crippen molar-refractivity contribution in [3.8, 4) is 22.8 Å². The van der Waals surface area contributed by atoms with Crippen molar-refractivity contribution in [2.75, 3.05) is 18.6 Å². The molecule has 0 atom stereocenters. The third kappa shape index (κ3) is 3.83. The van der Waals surface area contributed by atoms with Crippen molar-refractivity contribution < 1.29 is 4.74 Å². The summed E-state index contributed by atoms with van der Waals surface area (Å²) in [6.45, 7) is 9.55. The summed E-state index contributed by atoms with van der Waals surface area (Å²) < 4.78 is 8.18. The zero-order valence-corrected chi connectivity index (χ0v) is 18.0. The molecule has 0 amide bonds. The predicted molar refractivity (Wildman–Crippen MR) is 118 cm³/mol. The molecule has 0 spiro atoms. The Hall–Kier alpha value is -2.60. The van der Waals surface area contributed by atoms with Crippen molar-refractivity contribution in [1.82, 2.24) is 14.8 Å². The number of aromatic amines is 1. The van der Waals surface area contributed by atoms with Crippen molar-refractivity contribution in [1.29, 1.82) is 0 Å². The summed E-state index contributed by atoms with van der Waals surface area (Å²) in [5.41, 5.74) is 4.32. The lowest BCUT2D eigenvalue weighted by atomic mass is 10.1. The number of methoxy groups -OCH3 is 1. The number of rotatable bonds is 7. The number of H-pyrrole nitrogens is 1. The monoisotopic (exact) mass is 396 g/mol. The lowest BCUT2D eigenvalue weighted by Crippen LogP contribution is -2.30. The minimum Gasteiger partial charge on any atom is -0.495 e. The summed E-state index contributed by atoms with van der Waals surface area (Å²) in [5.74, 6) is 1.66. The van der Waals surface area contributed by atoms with E-state index >= 15 is 0 Å². The molecule has 28 heavy (non-hydrogen) atoms. The summed E-state index contributed by atoms with van der Waals surface area (Å²) in [7, 11) is 1.71. The van der Waals surface area contributed by atoms with E-state index in [9.17, 15) is 0 Å². The van der Waals surface area contributed by atoms with Crippen molar-refractivity contribution in [3.63, 3.8) is 0 Å². The SMILES string of the molecule is CCc1cccc(-c2n[nH]c(=S)n2-c2ccc(OC)c(N(CC)C(C)C)c2)c1. The summed E-state index contributed by atoms with van der Waals surface area (Å²) >= 11 is 5.57. The maximum absolute atomic E-state index is 5.63. The van der Waals surface area contributed by atoms with Crippen LogP contribution in [0.3, 0.4) is 0 Å². The smallest absolute Gasteiger partial charge is 0.200 e. The van der Waals surface area contributed by atoms with Crippen LogP contribution in [-0.2, 0) is 6.42 Å².